The Morgan fingerprint density at radius 1 is 1.38 bits per heavy atom. The molecule has 0 aromatic heterocycles. The Balaban J connectivity index is 1.48. The standard InChI is InChI=1S/C17H23FN2O/c1-2-20-9-3-4-14(20)11-19-17(21)16-10-15(16)12-5-7-13(18)8-6-12/h5-8,14-16H,2-4,9-11H2,1H3,(H,19,21). The first-order chi connectivity index (χ1) is 10.2. The SMILES string of the molecule is CCN1CCCC1CNC(=O)C1CC1c1ccc(F)cc1. The number of hydrogen-bond donors (Lipinski definition) is 1. The average molecular weight is 290 g/mol. The van der Waals surface area contributed by atoms with Gasteiger partial charge < -0.3 is 5.32 Å². The maximum Gasteiger partial charge on any atom is 0.223 e. The van der Waals surface area contributed by atoms with Crippen LogP contribution in [0.1, 0.15) is 37.7 Å². The summed E-state index contributed by atoms with van der Waals surface area (Å²) >= 11 is 0. The van der Waals surface area contributed by atoms with E-state index in [9.17, 15) is 9.18 Å². The second-order valence-electron chi connectivity index (χ2n) is 6.17. The van der Waals surface area contributed by atoms with Crippen molar-refractivity contribution in [3.05, 3.63) is 35.6 Å². The van der Waals surface area contributed by atoms with Crippen molar-refractivity contribution < 1.29 is 9.18 Å². The van der Waals surface area contributed by atoms with Crippen LogP contribution in [-0.4, -0.2) is 36.5 Å². The molecule has 3 nitrogen and oxygen atoms in total. The molecule has 1 N–H and O–H groups in total. The lowest BCUT2D eigenvalue weighted by molar-refractivity contribution is -0.122. The van der Waals surface area contributed by atoms with E-state index in [1.54, 1.807) is 12.1 Å². The monoisotopic (exact) mass is 290 g/mol. The van der Waals surface area contributed by atoms with Gasteiger partial charge in [0.1, 0.15) is 5.82 Å². The quantitative estimate of drug-likeness (QED) is 0.904. The molecule has 21 heavy (non-hydrogen) atoms. The number of rotatable bonds is 5. The van der Waals surface area contributed by atoms with E-state index in [1.807, 2.05) is 0 Å². The number of carbonyl (C=O) groups is 1. The van der Waals surface area contributed by atoms with Crippen molar-refractivity contribution in [2.75, 3.05) is 19.6 Å². The molecule has 1 heterocycles. The summed E-state index contributed by atoms with van der Waals surface area (Å²) < 4.78 is 12.9. The molecule has 1 saturated heterocycles. The Labute approximate surface area is 125 Å². The van der Waals surface area contributed by atoms with Crippen LogP contribution < -0.4 is 5.32 Å². The molecule has 0 spiro atoms. The first kappa shape index (κ1) is 14.5. The van der Waals surface area contributed by atoms with Gasteiger partial charge >= 0.3 is 0 Å². The van der Waals surface area contributed by atoms with E-state index in [2.05, 4.69) is 17.1 Å². The Kier molecular flexibility index (Phi) is 4.24. The zero-order valence-corrected chi connectivity index (χ0v) is 12.5. The van der Waals surface area contributed by atoms with Gasteiger partial charge in [-0.2, -0.15) is 0 Å². The Bertz CT molecular complexity index is 502. The number of nitrogens with one attached hydrogen (secondary N) is 1. The number of benzene rings is 1. The highest BCUT2D eigenvalue weighted by atomic mass is 19.1. The summed E-state index contributed by atoms with van der Waals surface area (Å²) in [4.78, 5) is 14.6. The summed E-state index contributed by atoms with van der Waals surface area (Å²) in [7, 11) is 0. The molecule has 2 fully saturated rings. The minimum absolute atomic E-state index is 0.0759. The summed E-state index contributed by atoms with van der Waals surface area (Å²) in [6.07, 6.45) is 3.30. The van der Waals surface area contributed by atoms with E-state index < -0.39 is 0 Å². The lowest BCUT2D eigenvalue weighted by Crippen LogP contribution is -2.40. The maximum atomic E-state index is 12.9. The summed E-state index contributed by atoms with van der Waals surface area (Å²) in [6, 6.07) is 7.04. The molecule has 0 bridgehead atoms. The lowest BCUT2D eigenvalue weighted by atomic mass is 10.1. The van der Waals surface area contributed by atoms with E-state index in [0.29, 0.717) is 6.04 Å². The highest BCUT2D eigenvalue weighted by molar-refractivity contribution is 5.82. The second kappa shape index (κ2) is 6.14. The van der Waals surface area contributed by atoms with Crippen LogP contribution in [0.4, 0.5) is 4.39 Å². The smallest absolute Gasteiger partial charge is 0.223 e. The predicted molar refractivity (Wildman–Crippen MR) is 80.5 cm³/mol. The van der Waals surface area contributed by atoms with Crippen molar-refractivity contribution in [1.29, 1.82) is 0 Å². The van der Waals surface area contributed by atoms with E-state index in [-0.39, 0.29) is 23.6 Å². The second-order valence-corrected chi connectivity index (χ2v) is 6.17. The Morgan fingerprint density at radius 2 is 2.14 bits per heavy atom. The van der Waals surface area contributed by atoms with Gasteiger partial charge in [-0.1, -0.05) is 19.1 Å². The highest BCUT2D eigenvalue weighted by Crippen LogP contribution is 2.47. The van der Waals surface area contributed by atoms with Gasteiger partial charge in [0.15, 0.2) is 0 Å². The number of nitrogens with zero attached hydrogens (tertiary/aromatic N) is 1. The predicted octanol–water partition coefficient (Wildman–Crippen LogP) is 2.53. The van der Waals surface area contributed by atoms with Crippen LogP contribution in [0.15, 0.2) is 24.3 Å². The van der Waals surface area contributed by atoms with Crippen LogP contribution in [0, 0.1) is 11.7 Å². The summed E-state index contributed by atoms with van der Waals surface area (Å²) in [5, 5.41) is 3.11. The fraction of sp³-hybridized carbons (Fsp3) is 0.588. The van der Waals surface area contributed by atoms with Crippen LogP contribution >= 0.6 is 0 Å². The number of halogens is 1. The van der Waals surface area contributed by atoms with Crippen molar-refractivity contribution in [1.82, 2.24) is 10.2 Å². The topological polar surface area (TPSA) is 32.3 Å². The normalized spacial score (nSPS) is 28.6. The van der Waals surface area contributed by atoms with Gasteiger partial charge in [0, 0.05) is 18.5 Å². The van der Waals surface area contributed by atoms with Crippen LogP contribution in [0.25, 0.3) is 0 Å². The van der Waals surface area contributed by atoms with Crippen molar-refractivity contribution in [3.8, 4) is 0 Å². The summed E-state index contributed by atoms with van der Waals surface area (Å²) in [5.41, 5.74) is 1.08. The average Bonchev–Trinajstić information content (AvgIpc) is 3.16. The van der Waals surface area contributed by atoms with Crippen molar-refractivity contribution in [3.63, 3.8) is 0 Å². The number of likely N-dealkylation sites (tertiary alicyclic amines) is 1. The first-order valence-corrected chi connectivity index (χ1v) is 7.96. The third kappa shape index (κ3) is 3.26. The molecule has 1 aliphatic heterocycles. The molecule has 1 saturated carbocycles. The van der Waals surface area contributed by atoms with E-state index >= 15 is 0 Å². The van der Waals surface area contributed by atoms with Crippen molar-refractivity contribution in [2.45, 2.75) is 38.1 Å². The number of hydrogen-bond acceptors (Lipinski definition) is 2. The molecular formula is C17H23FN2O. The molecule has 2 aliphatic rings. The molecular weight excluding hydrogens is 267 g/mol. The highest BCUT2D eigenvalue weighted by Gasteiger charge is 2.44. The largest absolute Gasteiger partial charge is 0.354 e. The lowest BCUT2D eigenvalue weighted by Gasteiger charge is -2.22. The molecule has 3 rings (SSSR count). The molecule has 1 amide bonds. The molecule has 114 valence electrons. The van der Waals surface area contributed by atoms with Gasteiger partial charge in [0.2, 0.25) is 5.91 Å². The summed E-state index contributed by atoms with van der Waals surface area (Å²) in [5.74, 6) is 0.289. The van der Waals surface area contributed by atoms with Crippen LogP contribution in [-0.2, 0) is 4.79 Å². The van der Waals surface area contributed by atoms with E-state index in [0.717, 1.165) is 31.6 Å². The van der Waals surface area contributed by atoms with Crippen LogP contribution in [0.5, 0.6) is 0 Å². The van der Waals surface area contributed by atoms with Crippen LogP contribution in [0.2, 0.25) is 0 Å². The third-order valence-electron chi connectivity index (χ3n) is 4.84. The van der Waals surface area contributed by atoms with Gasteiger partial charge in [0.05, 0.1) is 0 Å². The molecule has 1 aromatic carbocycles. The molecule has 4 heteroatoms. The Hall–Kier alpha value is -1.42. The summed E-state index contributed by atoms with van der Waals surface area (Å²) in [6.45, 7) is 5.14. The molecule has 3 unspecified atom stereocenters. The number of amides is 1. The molecule has 3 atom stereocenters. The minimum Gasteiger partial charge on any atom is -0.354 e. The van der Waals surface area contributed by atoms with Gasteiger partial charge in [-0.15, -0.1) is 0 Å². The zero-order valence-electron chi connectivity index (χ0n) is 12.5. The van der Waals surface area contributed by atoms with Gasteiger partial charge in [-0.25, -0.2) is 4.39 Å². The number of carbonyl (C=O) groups excluding carboxylic acids is 1. The maximum absolute atomic E-state index is 12.9. The van der Waals surface area contributed by atoms with Crippen molar-refractivity contribution in [2.24, 2.45) is 5.92 Å². The van der Waals surface area contributed by atoms with E-state index in [1.165, 1.54) is 25.0 Å². The number of likely N-dealkylation sites (N-methyl/N-ethyl adjacent to an activating group) is 1. The molecule has 0 radical (unpaired) electrons. The van der Waals surface area contributed by atoms with E-state index in [4.69, 9.17) is 0 Å². The zero-order chi connectivity index (χ0) is 14.8. The van der Waals surface area contributed by atoms with Crippen molar-refractivity contribution >= 4 is 5.91 Å². The van der Waals surface area contributed by atoms with Gasteiger partial charge in [-0.3, -0.25) is 9.69 Å². The third-order valence-corrected chi connectivity index (χ3v) is 4.84. The molecule has 1 aromatic rings. The fourth-order valence-electron chi connectivity index (χ4n) is 3.46. The first-order valence-electron chi connectivity index (χ1n) is 7.96. The molecule has 1 aliphatic carbocycles. The van der Waals surface area contributed by atoms with Crippen LogP contribution in [0.3, 0.4) is 0 Å². The van der Waals surface area contributed by atoms with Gasteiger partial charge in [-0.05, 0) is 56.0 Å². The minimum atomic E-state index is -0.221. The van der Waals surface area contributed by atoms with Gasteiger partial charge in [0.25, 0.3) is 0 Å². The Morgan fingerprint density at radius 3 is 2.86 bits per heavy atom. The fourth-order valence-corrected chi connectivity index (χ4v) is 3.46.